The number of para-hydroxylation sites is 1. The molecule has 2 aromatic carbocycles. The number of hydrogen-bond donors (Lipinski definition) is 1. The summed E-state index contributed by atoms with van der Waals surface area (Å²) < 4.78 is 5.91. The molecule has 0 radical (unpaired) electrons. The van der Waals surface area contributed by atoms with Gasteiger partial charge in [0.1, 0.15) is 11.8 Å². The predicted octanol–water partition coefficient (Wildman–Crippen LogP) is 4.69. The van der Waals surface area contributed by atoms with Gasteiger partial charge in [-0.3, -0.25) is 9.59 Å². The topological polar surface area (TPSA) is 58.6 Å². The molecule has 0 heterocycles. The van der Waals surface area contributed by atoms with Gasteiger partial charge in [-0.25, -0.2) is 0 Å². The number of carbonyl (C=O) groups excluding carboxylic acids is 2. The van der Waals surface area contributed by atoms with Crippen molar-refractivity contribution >= 4 is 11.8 Å². The molecule has 0 aliphatic rings. The molecular weight excluding hydrogens is 388 g/mol. The highest BCUT2D eigenvalue weighted by molar-refractivity contribution is 5.88. The third-order valence-electron chi connectivity index (χ3n) is 5.35. The summed E-state index contributed by atoms with van der Waals surface area (Å²) in [4.78, 5) is 27.6. The normalized spacial score (nSPS) is 12.0. The first-order valence-corrected chi connectivity index (χ1v) is 11.0. The molecule has 2 amide bonds. The third kappa shape index (κ3) is 7.12. The van der Waals surface area contributed by atoms with Gasteiger partial charge in [-0.05, 0) is 48.4 Å². The number of nitrogens with zero attached hydrogens (tertiary/aromatic N) is 1. The van der Waals surface area contributed by atoms with Crippen LogP contribution in [0.15, 0.2) is 48.5 Å². The first kappa shape index (κ1) is 24.4. The maximum absolute atomic E-state index is 13.2. The van der Waals surface area contributed by atoms with Gasteiger partial charge in [0.2, 0.25) is 5.91 Å². The fourth-order valence-corrected chi connectivity index (χ4v) is 3.32. The van der Waals surface area contributed by atoms with Gasteiger partial charge in [-0.15, -0.1) is 0 Å². The average molecular weight is 425 g/mol. The molecule has 168 valence electrons. The van der Waals surface area contributed by atoms with Gasteiger partial charge in [-0.1, -0.05) is 70.2 Å². The number of benzene rings is 2. The highest BCUT2D eigenvalue weighted by Crippen LogP contribution is 2.26. The second-order valence-corrected chi connectivity index (χ2v) is 8.74. The van der Waals surface area contributed by atoms with E-state index in [9.17, 15) is 9.59 Å². The van der Waals surface area contributed by atoms with Crippen molar-refractivity contribution in [3.63, 3.8) is 0 Å². The van der Waals surface area contributed by atoms with Crippen LogP contribution in [0.1, 0.15) is 57.2 Å². The molecule has 31 heavy (non-hydrogen) atoms. The second-order valence-electron chi connectivity index (χ2n) is 8.74. The van der Waals surface area contributed by atoms with Crippen LogP contribution in [0.3, 0.4) is 0 Å². The summed E-state index contributed by atoms with van der Waals surface area (Å²) >= 11 is 0. The van der Waals surface area contributed by atoms with E-state index in [2.05, 4.69) is 19.2 Å². The molecule has 0 bridgehead atoms. The Morgan fingerprint density at radius 2 is 1.61 bits per heavy atom. The molecule has 0 fully saturated rings. The Bertz CT molecular complexity index is 876. The first-order chi connectivity index (χ1) is 14.7. The quantitative estimate of drug-likeness (QED) is 0.602. The Morgan fingerprint density at radius 1 is 0.968 bits per heavy atom. The van der Waals surface area contributed by atoms with Gasteiger partial charge in [0.05, 0.1) is 0 Å². The van der Waals surface area contributed by atoms with E-state index >= 15 is 0 Å². The molecule has 0 spiro atoms. The number of aryl methyl sites for hydroxylation is 1. The van der Waals surface area contributed by atoms with Gasteiger partial charge in [-0.2, -0.15) is 0 Å². The zero-order valence-corrected chi connectivity index (χ0v) is 19.6. The van der Waals surface area contributed by atoms with Gasteiger partial charge >= 0.3 is 0 Å². The van der Waals surface area contributed by atoms with Gasteiger partial charge < -0.3 is 15.0 Å². The van der Waals surface area contributed by atoms with Crippen LogP contribution < -0.4 is 10.1 Å². The van der Waals surface area contributed by atoms with E-state index in [4.69, 9.17) is 4.74 Å². The predicted molar refractivity (Wildman–Crippen MR) is 125 cm³/mol. The molecule has 0 aliphatic heterocycles. The summed E-state index contributed by atoms with van der Waals surface area (Å²) in [5.41, 5.74) is 3.16. The molecule has 1 unspecified atom stereocenters. The van der Waals surface area contributed by atoms with E-state index in [0.717, 1.165) is 16.7 Å². The monoisotopic (exact) mass is 424 g/mol. The maximum Gasteiger partial charge on any atom is 0.261 e. The van der Waals surface area contributed by atoms with Crippen molar-refractivity contribution in [3.05, 3.63) is 65.2 Å². The number of amides is 2. The molecular formula is C26H36N2O3. The van der Waals surface area contributed by atoms with E-state index in [1.54, 1.807) is 11.8 Å². The van der Waals surface area contributed by atoms with Gasteiger partial charge in [0.25, 0.3) is 5.91 Å². The average Bonchev–Trinajstić information content (AvgIpc) is 2.74. The molecule has 2 rings (SSSR count). The van der Waals surface area contributed by atoms with E-state index in [0.29, 0.717) is 24.8 Å². The number of hydrogen-bond acceptors (Lipinski definition) is 3. The Hall–Kier alpha value is -2.82. The third-order valence-corrected chi connectivity index (χ3v) is 5.35. The Labute approximate surface area is 186 Å². The van der Waals surface area contributed by atoms with Gasteiger partial charge in [0.15, 0.2) is 6.61 Å². The largest absolute Gasteiger partial charge is 0.483 e. The number of rotatable bonds is 10. The van der Waals surface area contributed by atoms with Crippen LogP contribution in [-0.2, 0) is 16.1 Å². The first-order valence-electron chi connectivity index (χ1n) is 11.0. The van der Waals surface area contributed by atoms with Crippen molar-refractivity contribution in [1.29, 1.82) is 0 Å². The fraction of sp³-hybridized carbons (Fsp3) is 0.462. The van der Waals surface area contributed by atoms with Crippen LogP contribution >= 0.6 is 0 Å². The van der Waals surface area contributed by atoms with Crippen molar-refractivity contribution in [1.82, 2.24) is 10.2 Å². The summed E-state index contributed by atoms with van der Waals surface area (Å²) in [7, 11) is 0. The van der Waals surface area contributed by atoms with Crippen molar-refractivity contribution in [2.24, 2.45) is 5.92 Å². The molecule has 1 N–H and O–H groups in total. The second kappa shape index (κ2) is 11.5. The number of carbonyl (C=O) groups is 2. The van der Waals surface area contributed by atoms with Crippen LogP contribution in [-0.4, -0.2) is 35.9 Å². The summed E-state index contributed by atoms with van der Waals surface area (Å²) in [5.74, 6) is 0.966. The zero-order valence-electron chi connectivity index (χ0n) is 19.6. The van der Waals surface area contributed by atoms with E-state index < -0.39 is 6.04 Å². The molecule has 1 atom stereocenters. The summed E-state index contributed by atoms with van der Waals surface area (Å²) in [6.45, 7) is 12.9. The fourth-order valence-electron chi connectivity index (χ4n) is 3.32. The van der Waals surface area contributed by atoms with Crippen LogP contribution in [0.5, 0.6) is 5.75 Å². The molecule has 5 nitrogen and oxygen atoms in total. The minimum absolute atomic E-state index is 0.114. The van der Waals surface area contributed by atoms with E-state index in [1.165, 1.54) is 0 Å². The van der Waals surface area contributed by atoms with E-state index in [1.807, 2.05) is 69.3 Å². The molecule has 0 aliphatic carbocycles. The lowest BCUT2D eigenvalue weighted by molar-refractivity contribution is -0.142. The minimum atomic E-state index is -0.602. The molecule has 0 aromatic heterocycles. The lowest BCUT2D eigenvalue weighted by Gasteiger charge is -2.29. The lowest BCUT2D eigenvalue weighted by atomic mass is 10.0. The summed E-state index contributed by atoms with van der Waals surface area (Å²) in [5, 5.41) is 2.94. The number of nitrogens with one attached hydrogen (secondary N) is 1. The lowest BCUT2D eigenvalue weighted by Crippen LogP contribution is -2.49. The number of ether oxygens (including phenoxy) is 1. The molecule has 0 saturated carbocycles. The van der Waals surface area contributed by atoms with Crippen LogP contribution in [0.2, 0.25) is 0 Å². The zero-order chi connectivity index (χ0) is 23.0. The molecule has 5 heteroatoms. The maximum atomic E-state index is 13.2. The summed E-state index contributed by atoms with van der Waals surface area (Å²) in [6, 6.07) is 15.1. The Morgan fingerprint density at radius 3 is 2.26 bits per heavy atom. The minimum Gasteiger partial charge on any atom is -0.483 e. The van der Waals surface area contributed by atoms with Crippen LogP contribution in [0.4, 0.5) is 0 Å². The van der Waals surface area contributed by atoms with E-state index in [-0.39, 0.29) is 24.3 Å². The molecule has 0 saturated heterocycles. The standard InChI is InChI=1S/C26H36N2O3/c1-18(2)15-27-26(30)21(6)28(16-22-12-8-7-11-20(22)5)25(29)17-31-24-14-10-9-13-23(24)19(3)4/h7-14,18-19,21H,15-17H2,1-6H3,(H,27,30). The van der Waals surface area contributed by atoms with Gasteiger partial charge in [0, 0.05) is 13.1 Å². The van der Waals surface area contributed by atoms with Crippen molar-refractivity contribution < 1.29 is 14.3 Å². The van der Waals surface area contributed by atoms with Crippen molar-refractivity contribution in [3.8, 4) is 5.75 Å². The smallest absolute Gasteiger partial charge is 0.261 e. The Balaban J connectivity index is 2.19. The van der Waals surface area contributed by atoms with Crippen molar-refractivity contribution in [2.45, 2.75) is 60.0 Å². The van der Waals surface area contributed by atoms with Crippen LogP contribution in [0, 0.1) is 12.8 Å². The van der Waals surface area contributed by atoms with Crippen molar-refractivity contribution in [2.75, 3.05) is 13.2 Å². The highest BCUT2D eigenvalue weighted by Gasteiger charge is 2.27. The van der Waals surface area contributed by atoms with Crippen LogP contribution in [0.25, 0.3) is 0 Å². The highest BCUT2D eigenvalue weighted by atomic mass is 16.5. The SMILES string of the molecule is Cc1ccccc1CN(C(=O)COc1ccccc1C(C)C)C(C)C(=O)NCC(C)C. The summed E-state index contributed by atoms with van der Waals surface area (Å²) in [6.07, 6.45) is 0. The molecule has 2 aromatic rings. The Kier molecular flexibility index (Phi) is 9.10.